The topological polar surface area (TPSA) is 42.7 Å². The number of halogens is 1. The molecule has 1 aliphatic heterocycles. The van der Waals surface area contributed by atoms with Crippen molar-refractivity contribution in [3.05, 3.63) is 78.3 Å². The number of ether oxygens (including phenoxy) is 1. The summed E-state index contributed by atoms with van der Waals surface area (Å²) in [6.07, 6.45) is 2.89. The van der Waals surface area contributed by atoms with Gasteiger partial charge in [0, 0.05) is 37.1 Å². The normalized spacial score (nSPS) is 14.9. The Hall–Kier alpha value is -3.08. The highest BCUT2D eigenvalue weighted by Gasteiger charge is 2.25. The van der Waals surface area contributed by atoms with E-state index in [1.54, 1.807) is 24.5 Å². The molecule has 0 bridgehead atoms. The lowest BCUT2D eigenvalue weighted by atomic mass is 10.0. The highest BCUT2D eigenvalue weighted by molar-refractivity contribution is 5.95. The van der Waals surface area contributed by atoms with Crippen LogP contribution in [0.1, 0.15) is 23.2 Å². The number of furan rings is 1. The molecule has 4 nitrogen and oxygen atoms in total. The van der Waals surface area contributed by atoms with Crippen molar-refractivity contribution in [2.75, 3.05) is 13.1 Å². The second kappa shape index (κ2) is 7.66. The summed E-state index contributed by atoms with van der Waals surface area (Å²) in [6, 6.07) is 17.6. The van der Waals surface area contributed by atoms with E-state index in [9.17, 15) is 9.18 Å². The van der Waals surface area contributed by atoms with E-state index in [-0.39, 0.29) is 23.6 Å². The molecule has 0 N–H and O–H groups in total. The molecule has 0 unspecified atom stereocenters. The second-order valence-corrected chi connectivity index (χ2v) is 6.60. The average molecular weight is 365 g/mol. The Morgan fingerprint density at radius 1 is 1.04 bits per heavy atom. The van der Waals surface area contributed by atoms with Crippen molar-refractivity contribution in [1.82, 2.24) is 4.90 Å². The molecule has 27 heavy (non-hydrogen) atoms. The van der Waals surface area contributed by atoms with Gasteiger partial charge < -0.3 is 14.1 Å². The highest BCUT2D eigenvalue weighted by Crippen LogP contribution is 2.24. The number of benzene rings is 2. The number of piperidine rings is 1. The molecule has 0 radical (unpaired) electrons. The molecule has 4 rings (SSSR count). The number of likely N-dealkylation sites (tertiary alicyclic amines) is 1. The van der Waals surface area contributed by atoms with Crippen LogP contribution in [-0.2, 0) is 0 Å². The van der Waals surface area contributed by atoms with Gasteiger partial charge in [-0.05, 0) is 36.4 Å². The summed E-state index contributed by atoms with van der Waals surface area (Å²) in [5.74, 6) is 0.647. The van der Waals surface area contributed by atoms with Crippen molar-refractivity contribution in [3.63, 3.8) is 0 Å². The zero-order valence-corrected chi connectivity index (χ0v) is 14.8. The molecule has 2 aromatic carbocycles. The van der Waals surface area contributed by atoms with Crippen molar-refractivity contribution >= 4 is 5.91 Å². The van der Waals surface area contributed by atoms with Crippen LogP contribution in [0.3, 0.4) is 0 Å². The van der Waals surface area contributed by atoms with Crippen LogP contribution < -0.4 is 4.74 Å². The SMILES string of the molecule is O=C(c1cccc(-c2ccco2)c1)N1CCC(Oc2ccccc2F)CC1. The van der Waals surface area contributed by atoms with Gasteiger partial charge in [0.25, 0.3) is 5.91 Å². The van der Waals surface area contributed by atoms with Crippen LogP contribution in [0.2, 0.25) is 0 Å². The van der Waals surface area contributed by atoms with E-state index in [1.807, 2.05) is 41.3 Å². The summed E-state index contributed by atoms with van der Waals surface area (Å²) in [6.45, 7) is 1.17. The first-order valence-electron chi connectivity index (χ1n) is 9.05. The number of carbonyl (C=O) groups excluding carboxylic acids is 1. The molecule has 0 aliphatic carbocycles. The minimum atomic E-state index is -0.356. The molecule has 3 aromatic rings. The fourth-order valence-electron chi connectivity index (χ4n) is 3.33. The number of nitrogens with zero attached hydrogens (tertiary/aromatic N) is 1. The van der Waals surface area contributed by atoms with Crippen molar-refractivity contribution in [3.8, 4) is 17.1 Å². The molecule has 0 saturated carbocycles. The maximum atomic E-state index is 13.7. The smallest absolute Gasteiger partial charge is 0.253 e. The maximum absolute atomic E-state index is 13.7. The molecule has 1 fully saturated rings. The van der Waals surface area contributed by atoms with Crippen LogP contribution >= 0.6 is 0 Å². The Balaban J connectivity index is 1.39. The van der Waals surface area contributed by atoms with Gasteiger partial charge in [0.15, 0.2) is 11.6 Å². The number of hydrogen-bond acceptors (Lipinski definition) is 3. The molecule has 1 aromatic heterocycles. The lowest BCUT2D eigenvalue weighted by molar-refractivity contribution is 0.0588. The lowest BCUT2D eigenvalue weighted by Crippen LogP contribution is -2.41. The fraction of sp³-hybridized carbons (Fsp3) is 0.227. The third-order valence-corrected chi connectivity index (χ3v) is 4.77. The van der Waals surface area contributed by atoms with E-state index >= 15 is 0 Å². The van der Waals surface area contributed by atoms with Gasteiger partial charge in [-0.15, -0.1) is 0 Å². The number of carbonyl (C=O) groups is 1. The Kier molecular flexibility index (Phi) is 4.92. The molecule has 1 aliphatic rings. The van der Waals surface area contributed by atoms with Crippen LogP contribution in [-0.4, -0.2) is 30.0 Å². The van der Waals surface area contributed by atoms with Crippen LogP contribution in [0.15, 0.2) is 71.3 Å². The molecule has 1 saturated heterocycles. The van der Waals surface area contributed by atoms with Gasteiger partial charge in [0.05, 0.1) is 6.26 Å². The summed E-state index contributed by atoms with van der Waals surface area (Å²) in [5, 5.41) is 0. The molecule has 0 spiro atoms. The van der Waals surface area contributed by atoms with Gasteiger partial charge in [-0.3, -0.25) is 4.79 Å². The van der Waals surface area contributed by atoms with Gasteiger partial charge in [-0.1, -0.05) is 24.3 Å². The number of hydrogen-bond donors (Lipinski definition) is 0. The van der Waals surface area contributed by atoms with Gasteiger partial charge in [-0.2, -0.15) is 0 Å². The minimum Gasteiger partial charge on any atom is -0.487 e. The number of amides is 1. The minimum absolute atomic E-state index is 0.00672. The molecule has 0 atom stereocenters. The zero-order chi connectivity index (χ0) is 18.6. The third-order valence-electron chi connectivity index (χ3n) is 4.77. The van der Waals surface area contributed by atoms with Gasteiger partial charge in [0.1, 0.15) is 11.9 Å². The van der Waals surface area contributed by atoms with E-state index in [2.05, 4.69) is 0 Å². The third kappa shape index (κ3) is 3.87. The average Bonchev–Trinajstić information content (AvgIpc) is 3.25. The van der Waals surface area contributed by atoms with Crippen LogP contribution in [0, 0.1) is 5.82 Å². The molecule has 1 amide bonds. The molecule has 138 valence electrons. The van der Waals surface area contributed by atoms with Crippen LogP contribution in [0.4, 0.5) is 4.39 Å². The van der Waals surface area contributed by atoms with E-state index in [0.717, 1.165) is 11.3 Å². The molecular weight excluding hydrogens is 345 g/mol. The molecule has 5 heteroatoms. The van der Waals surface area contributed by atoms with Crippen LogP contribution in [0.5, 0.6) is 5.75 Å². The standard InChI is InChI=1S/C22H20FNO3/c23-19-7-1-2-8-21(19)27-18-10-12-24(13-11-18)22(25)17-6-3-5-16(15-17)20-9-4-14-26-20/h1-9,14-15,18H,10-13H2. The first-order chi connectivity index (χ1) is 13.2. The van der Waals surface area contributed by atoms with E-state index < -0.39 is 0 Å². The molecule has 2 heterocycles. The predicted octanol–water partition coefficient (Wildman–Crippen LogP) is 4.77. The summed E-state index contributed by atoms with van der Waals surface area (Å²) >= 11 is 0. The number of para-hydroxylation sites is 1. The summed E-state index contributed by atoms with van der Waals surface area (Å²) in [7, 11) is 0. The Bertz CT molecular complexity index is 915. The molecular formula is C22H20FNO3. The van der Waals surface area contributed by atoms with Gasteiger partial charge in [-0.25, -0.2) is 4.39 Å². The van der Waals surface area contributed by atoms with E-state index in [1.165, 1.54) is 6.07 Å². The first kappa shape index (κ1) is 17.3. The Labute approximate surface area is 157 Å². The van der Waals surface area contributed by atoms with Crippen molar-refractivity contribution in [2.24, 2.45) is 0 Å². The quantitative estimate of drug-likeness (QED) is 0.669. The van der Waals surface area contributed by atoms with E-state index in [0.29, 0.717) is 31.5 Å². The lowest BCUT2D eigenvalue weighted by Gasteiger charge is -2.32. The van der Waals surface area contributed by atoms with Crippen molar-refractivity contribution < 1.29 is 18.3 Å². The summed E-state index contributed by atoms with van der Waals surface area (Å²) in [5.41, 5.74) is 1.51. The number of rotatable bonds is 4. The Morgan fingerprint density at radius 2 is 1.85 bits per heavy atom. The van der Waals surface area contributed by atoms with E-state index in [4.69, 9.17) is 9.15 Å². The fourth-order valence-corrected chi connectivity index (χ4v) is 3.33. The van der Waals surface area contributed by atoms with Crippen molar-refractivity contribution in [2.45, 2.75) is 18.9 Å². The first-order valence-corrected chi connectivity index (χ1v) is 9.05. The monoisotopic (exact) mass is 365 g/mol. The summed E-state index contributed by atoms with van der Waals surface area (Å²) in [4.78, 5) is 14.7. The largest absolute Gasteiger partial charge is 0.487 e. The summed E-state index contributed by atoms with van der Waals surface area (Å²) < 4.78 is 24.9. The maximum Gasteiger partial charge on any atom is 0.253 e. The predicted molar refractivity (Wildman–Crippen MR) is 100 cm³/mol. The zero-order valence-electron chi connectivity index (χ0n) is 14.8. The second-order valence-electron chi connectivity index (χ2n) is 6.60. The van der Waals surface area contributed by atoms with Crippen molar-refractivity contribution in [1.29, 1.82) is 0 Å². The Morgan fingerprint density at radius 3 is 2.59 bits per heavy atom. The van der Waals surface area contributed by atoms with Crippen LogP contribution in [0.25, 0.3) is 11.3 Å². The van der Waals surface area contributed by atoms with Gasteiger partial charge >= 0.3 is 0 Å². The van der Waals surface area contributed by atoms with Gasteiger partial charge in [0.2, 0.25) is 0 Å². The highest BCUT2D eigenvalue weighted by atomic mass is 19.1.